The molecule has 0 radical (unpaired) electrons. The highest BCUT2D eigenvalue weighted by Crippen LogP contribution is 2.28. The van der Waals surface area contributed by atoms with Crippen LogP contribution in [0.2, 0.25) is 5.02 Å². The quantitative estimate of drug-likeness (QED) is 0.871. The number of nitrogens with zero attached hydrogens (tertiary/aromatic N) is 3. The van der Waals surface area contributed by atoms with Crippen LogP contribution in [-0.2, 0) is 9.59 Å². The molecule has 8 heteroatoms. The Morgan fingerprint density at radius 3 is 2.76 bits per heavy atom. The summed E-state index contributed by atoms with van der Waals surface area (Å²) < 4.78 is 0. The average molecular weight is 381 g/mol. The number of amides is 2. The summed E-state index contributed by atoms with van der Waals surface area (Å²) in [6.45, 7) is 5.52. The van der Waals surface area contributed by atoms with Crippen molar-refractivity contribution in [2.24, 2.45) is 4.99 Å². The first-order valence-corrected chi connectivity index (χ1v) is 9.47. The monoisotopic (exact) mass is 380 g/mol. The Balaban J connectivity index is 1.54. The number of halogens is 1. The molecule has 1 aromatic rings. The standard InChI is InChI=1S/C17H21ClN4O2S/c1-11-3-4-12(9-13(11)18)19-15(23)10-14-16(24)20-17(25-14)22-7-5-21(2)6-8-22/h3-4,9,14H,5-8,10H2,1-2H3,(H,19,23)/t14-/m0/s1. The molecule has 1 saturated heterocycles. The van der Waals surface area contributed by atoms with Gasteiger partial charge in [-0.05, 0) is 31.7 Å². The van der Waals surface area contributed by atoms with E-state index in [9.17, 15) is 9.59 Å². The molecule has 1 aromatic carbocycles. The molecule has 6 nitrogen and oxygen atoms in total. The minimum atomic E-state index is -0.449. The number of hydrogen-bond donors (Lipinski definition) is 1. The highest BCUT2D eigenvalue weighted by atomic mass is 35.5. The van der Waals surface area contributed by atoms with E-state index in [-0.39, 0.29) is 18.2 Å². The van der Waals surface area contributed by atoms with E-state index in [4.69, 9.17) is 11.6 Å². The minimum Gasteiger partial charge on any atom is -0.349 e. The van der Waals surface area contributed by atoms with Gasteiger partial charge in [0.2, 0.25) is 5.91 Å². The van der Waals surface area contributed by atoms with Gasteiger partial charge in [0.05, 0.1) is 0 Å². The second-order valence-corrected chi connectivity index (χ2v) is 7.92. The van der Waals surface area contributed by atoms with Crippen LogP contribution in [0.3, 0.4) is 0 Å². The first-order chi connectivity index (χ1) is 11.9. The number of aliphatic imine (C=N–C) groups is 1. The van der Waals surface area contributed by atoms with E-state index in [0.29, 0.717) is 10.7 Å². The Bertz CT molecular complexity index is 717. The molecular formula is C17H21ClN4O2S. The van der Waals surface area contributed by atoms with E-state index in [1.165, 1.54) is 11.8 Å². The van der Waals surface area contributed by atoms with Gasteiger partial charge in [-0.15, -0.1) is 0 Å². The van der Waals surface area contributed by atoms with Gasteiger partial charge >= 0.3 is 0 Å². The summed E-state index contributed by atoms with van der Waals surface area (Å²) in [5.74, 6) is -0.434. The maximum Gasteiger partial charge on any atom is 0.262 e. The molecule has 0 aliphatic carbocycles. The molecular weight excluding hydrogens is 360 g/mol. The van der Waals surface area contributed by atoms with Crippen molar-refractivity contribution in [1.29, 1.82) is 0 Å². The number of carbonyl (C=O) groups excluding carboxylic acids is 2. The fraction of sp³-hybridized carbons (Fsp3) is 0.471. The predicted octanol–water partition coefficient (Wildman–Crippen LogP) is 2.22. The smallest absolute Gasteiger partial charge is 0.262 e. The Morgan fingerprint density at radius 1 is 1.36 bits per heavy atom. The third-order valence-corrected chi connectivity index (χ3v) is 5.95. The van der Waals surface area contributed by atoms with Gasteiger partial charge in [-0.2, -0.15) is 4.99 Å². The lowest BCUT2D eigenvalue weighted by Gasteiger charge is -2.33. The fourth-order valence-electron chi connectivity index (χ4n) is 2.69. The zero-order chi connectivity index (χ0) is 18.0. The van der Waals surface area contributed by atoms with Crippen molar-refractivity contribution in [3.05, 3.63) is 28.8 Å². The largest absolute Gasteiger partial charge is 0.349 e. The van der Waals surface area contributed by atoms with Crippen LogP contribution in [0.25, 0.3) is 0 Å². The second kappa shape index (κ2) is 7.76. The van der Waals surface area contributed by atoms with Crippen LogP contribution in [0.5, 0.6) is 0 Å². The lowest BCUT2D eigenvalue weighted by Crippen LogP contribution is -2.46. The SMILES string of the molecule is Cc1ccc(NC(=O)C[C@@H]2SC(N3CCN(C)CC3)=NC2=O)cc1Cl. The van der Waals surface area contributed by atoms with Gasteiger partial charge in [0.15, 0.2) is 5.17 Å². The molecule has 0 bridgehead atoms. The predicted molar refractivity (Wildman–Crippen MR) is 102 cm³/mol. The Hall–Kier alpha value is -1.57. The van der Waals surface area contributed by atoms with Crippen molar-refractivity contribution in [2.75, 3.05) is 38.5 Å². The number of anilines is 1. The van der Waals surface area contributed by atoms with Crippen LogP contribution in [0, 0.1) is 6.92 Å². The van der Waals surface area contributed by atoms with Crippen LogP contribution in [0.15, 0.2) is 23.2 Å². The molecule has 1 fully saturated rings. The van der Waals surface area contributed by atoms with Gasteiger partial charge in [0.1, 0.15) is 5.25 Å². The lowest BCUT2D eigenvalue weighted by atomic mass is 10.2. The number of thioether (sulfide) groups is 1. The molecule has 0 aromatic heterocycles. The van der Waals surface area contributed by atoms with Crippen LogP contribution < -0.4 is 5.32 Å². The van der Waals surface area contributed by atoms with Crippen molar-refractivity contribution in [3.8, 4) is 0 Å². The summed E-state index contributed by atoms with van der Waals surface area (Å²) in [7, 11) is 2.08. The Morgan fingerprint density at radius 2 is 2.08 bits per heavy atom. The van der Waals surface area contributed by atoms with E-state index in [1.54, 1.807) is 12.1 Å². The molecule has 1 atom stereocenters. The number of nitrogens with one attached hydrogen (secondary N) is 1. The first-order valence-electron chi connectivity index (χ1n) is 8.21. The number of aryl methyl sites for hydroxylation is 1. The van der Waals surface area contributed by atoms with Crippen LogP contribution >= 0.6 is 23.4 Å². The van der Waals surface area contributed by atoms with E-state index >= 15 is 0 Å². The van der Waals surface area contributed by atoms with Crippen molar-refractivity contribution in [3.63, 3.8) is 0 Å². The van der Waals surface area contributed by atoms with Crippen molar-refractivity contribution >= 4 is 46.0 Å². The highest BCUT2D eigenvalue weighted by Gasteiger charge is 2.33. The number of benzene rings is 1. The van der Waals surface area contributed by atoms with Gasteiger partial charge in [-0.1, -0.05) is 29.4 Å². The normalized spacial score (nSPS) is 21.4. The molecule has 2 amide bonds. The molecule has 0 unspecified atom stereocenters. The van der Waals surface area contributed by atoms with E-state index in [1.807, 2.05) is 13.0 Å². The molecule has 0 spiro atoms. The number of hydrogen-bond acceptors (Lipinski definition) is 5. The third-order valence-electron chi connectivity index (χ3n) is 4.33. The van der Waals surface area contributed by atoms with E-state index < -0.39 is 5.25 Å². The number of carbonyl (C=O) groups is 2. The van der Waals surface area contributed by atoms with E-state index in [0.717, 1.165) is 36.9 Å². The Kier molecular flexibility index (Phi) is 5.66. The maximum absolute atomic E-state index is 12.2. The second-order valence-electron chi connectivity index (χ2n) is 6.35. The molecule has 2 aliphatic heterocycles. The number of piperazine rings is 1. The number of likely N-dealkylation sites (N-methyl/N-ethyl adjacent to an activating group) is 1. The molecule has 2 heterocycles. The average Bonchev–Trinajstić information content (AvgIpc) is 2.92. The highest BCUT2D eigenvalue weighted by molar-refractivity contribution is 8.15. The minimum absolute atomic E-state index is 0.107. The van der Waals surface area contributed by atoms with Crippen LogP contribution in [0.1, 0.15) is 12.0 Å². The Labute approximate surface area is 156 Å². The van der Waals surface area contributed by atoms with Gasteiger partial charge in [0.25, 0.3) is 5.91 Å². The summed E-state index contributed by atoms with van der Waals surface area (Å²) >= 11 is 7.46. The first kappa shape index (κ1) is 18.2. The fourth-order valence-corrected chi connectivity index (χ4v) is 3.99. The molecule has 3 rings (SSSR count). The summed E-state index contributed by atoms with van der Waals surface area (Å²) in [4.78, 5) is 32.9. The third kappa shape index (κ3) is 4.54. The molecule has 0 saturated carbocycles. The van der Waals surface area contributed by atoms with Crippen molar-refractivity contribution < 1.29 is 9.59 Å². The van der Waals surface area contributed by atoms with Crippen molar-refractivity contribution in [1.82, 2.24) is 9.80 Å². The van der Waals surface area contributed by atoms with Gasteiger partial charge in [-0.3, -0.25) is 9.59 Å². The van der Waals surface area contributed by atoms with E-state index in [2.05, 4.69) is 27.2 Å². The van der Waals surface area contributed by atoms with Crippen LogP contribution in [0.4, 0.5) is 5.69 Å². The zero-order valence-electron chi connectivity index (χ0n) is 14.3. The molecule has 25 heavy (non-hydrogen) atoms. The maximum atomic E-state index is 12.2. The molecule has 134 valence electrons. The molecule has 2 aliphatic rings. The zero-order valence-corrected chi connectivity index (χ0v) is 15.9. The molecule has 1 N–H and O–H groups in total. The van der Waals surface area contributed by atoms with Crippen LogP contribution in [-0.4, -0.2) is 65.3 Å². The number of amidine groups is 1. The summed E-state index contributed by atoms with van der Waals surface area (Å²) in [5, 5.41) is 3.70. The summed E-state index contributed by atoms with van der Waals surface area (Å²) in [6.07, 6.45) is 0.107. The van der Waals surface area contributed by atoms with Gasteiger partial charge in [0, 0.05) is 43.3 Å². The summed E-state index contributed by atoms with van der Waals surface area (Å²) in [5.41, 5.74) is 1.59. The van der Waals surface area contributed by atoms with Crippen molar-refractivity contribution in [2.45, 2.75) is 18.6 Å². The topological polar surface area (TPSA) is 65.0 Å². The lowest BCUT2D eigenvalue weighted by molar-refractivity contribution is -0.121. The summed E-state index contributed by atoms with van der Waals surface area (Å²) in [6, 6.07) is 5.36. The number of rotatable bonds is 3. The van der Waals surface area contributed by atoms with Gasteiger partial charge < -0.3 is 15.1 Å². The van der Waals surface area contributed by atoms with Gasteiger partial charge in [-0.25, -0.2) is 0 Å².